The van der Waals surface area contributed by atoms with Crippen LogP contribution in [-0.4, -0.2) is 19.5 Å². The second-order valence-electron chi connectivity index (χ2n) is 3.10. The van der Waals surface area contributed by atoms with Crippen LogP contribution in [0, 0.1) is 13.8 Å². The smallest absolute Gasteiger partial charge is 0.224 e. The number of rotatable bonds is 1. The molecular formula is C9H8BrClN4. The molecule has 0 aliphatic carbocycles. The van der Waals surface area contributed by atoms with Crippen LogP contribution in [0.1, 0.15) is 11.4 Å². The van der Waals surface area contributed by atoms with Crippen molar-refractivity contribution in [3.05, 3.63) is 33.7 Å². The lowest BCUT2D eigenvalue weighted by Crippen LogP contribution is -2.01. The van der Waals surface area contributed by atoms with E-state index in [0.717, 1.165) is 15.9 Å². The van der Waals surface area contributed by atoms with E-state index in [2.05, 4.69) is 30.9 Å². The molecule has 0 radical (unpaired) electrons. The molecule has 2 aromatic heterocycles. The minimum absolute atomic E-state index is 0.221. The highest BCUT2D eigenvalue weighted by atomic mass is 79.9. The number of imidazole rings is 1. The molecule has 0 aliphatic heterocycles. The maximum atomic E-state index is 5.75. The molecule has 0 unspecified atom stereocenters. The molecule has 0 spiro atoms. The van der Waals surface area contributed by atoms with Gasteiger partial charge in [0.05, 0.1) is 10.2 Å². The first-order chi connectivity index (χ1) is 7.09. The maximum Gasteiger partial charge on any atom is 0.224 e. The van der Waals surface area contributed by atoms with Gasteiger partial charge < -0.3 is 0 Å². The second kappa shape index (κ2) is 3.90. The van der Waals surface area contributed by atoms with Crippen LogP contribution in [-0.2, 0) is 0 Å². The molecule has 0 N–H and O–H groups in total. The van der Waals surface area contributed by atoms with E-state index in [-0.39, 0.29) is 5.28 Å². The van der Waals surface area contributed by atoms with Gasteiger partial charge in [-0.1, -0.05) is 0 Å². The van der Waals surface area contributed by atoms with Crippen molar-refractivity contribution in [2.45, 2.75) is 13.8 Å². The monoisotopic (exact) mass is 286 g/mol. The fourth-order valence-corrected chi connectivity index (χ4v) is 1.73. The van der Waals surface area contributed by atoms with Gasteiger partial charge in [-0.05, 0) is 41.4 Å². The Morgan fingerprint density at radius 3 is 2.67 bits per heavy atom. The molecule has 0 saturated heterocycles. The Morgan fingerprint density at radius 1 is 1.33 bits per heavy atom. The van der Waals surface area contributed by atoms with Gasteiger partial charge in [0.2, 0.25) is 5.28 Å². The third kappa shape index (κ3) is 1.89. The number of halogens is 2. The zero-order valence-electron chi connectivity index (χ0n) is 8.20. The maximum absolute atomic E-state index is 5.75. The Kier molecular flexibility index (Phi) is 2.75. The molecule has 2 aromatic rings. The van der Waals surface area contributed by atoms with Gasteiger partial charge in [-0.15, -0.1) is 0 Å². The molecule has 0 amide bonds. The average molecular weight is 288 g/mol. The predicted octanol–water partition coefficient (Wildman–Crippen LogP) is 2.70. The minimum Gasteiger partial charge on any atom is -0.286 e. The van der Waals surface area contributed by atoms with Crippen molar-refractivity contribution in [2.75, 3.05) is 0 Å². The molecule has 15 heavy (non-hydrogen) atoms. The number of aromatic nitrogens is 4. The van der Waals surface area contributed by atoms with E-state index >= 15 is 0 Å². The van der Waals surface area contributed by atoms with Crippen molar-refractivity contribution >= 4 is 27.5 Å². The van der Waals surface area contributed by atoms with Crippen molar-refractivity contribution in [1.82, 2.24) is 19.5 Å². The standard InChI is InChI=1S/C9H8BrClN4/c1-5-6(2)15(4-13-5)8-7(10)3-12-9(11)14-8/h3-4H,1-2H3. The molecule has 78 valence electrons. The quantitative estimate of drug-likeness (QED) is 0.758. The molecule has 4 nitrogen and oxygen atoms in total. The highest BCUT2D eigenvalue weighted by Crippen LogP contribution is 2.21. The largest absolute Gasteiger partial charge is 0.286 e. The molecule has 2 rings (SSSR count). The van der Waals surface area contributed by atoms with Crippen molar-refractivity contribution in [3.63, 3.8) is 0 Å². The van der Waals surface area contributed by atoms with Crippen molar-refractivity contribution < 1.29 is 0 Å². The average Bonchev–Trinajstić information content (AvgIpc) is 2.52. The predicted molar refractivity (Wildman–Crippen MR) is 61.3 cm³/mol. The zero-order chi connectivity index (χ0) is 11.0. The Labute approximate surface area is 100 Å². The molecule has 0 aromatic carbocycles. The summed E-state index contributed by atoms with van der Waals surface area (Å²) in [4.78, 5) is 12.2. The van der Waals surface area contributed by atoms with E-state index < -0.39 is 0 Å². The van der Waals surface area contributed by atoms with E-state index in [1.807, 2.05) is 18.4 Å². The van der Waals surface area contributed by atoms with E-state index in [4.69, 9.17) is 11.6 Å². The summed E-state index contributed by atoms with van der Waals surface area (Å²) in [6.07, 6.45) is 3.34. The normalized spacial score (nSPS) is 10.7. The molecule has 0 fully saturated rings. The Morgan fingerprint density at radius 2 is 2.07 bits per heavy atom. The Balaban J connectivity index is 2.63. The van der Waals surface area contributed by atoms with Gasteiger partial charge in [-0.2, -0.15) is 4.98 Å². The highest BCUT2D eigenvalue weighted by Gasteiger charge is 2.10. The van der Waals surface area contributed by atoms with Crippen LogP contribution in [0.2, 0.25) is 5.28 Å². The topological polar surface area (TPSA) is 43.6 Å². The van der Waals surface area contributed by atoms with Gasteiger partial charge in [0.15, 0.2) is 5.82 Å². The summed E-state index contributed by atoms with van der Waals surface area (Å²) in [7, 11) is 0. The third-order valence-corrected chi connectivity index (χ3v) is 2.92. The molecule has 0 aliphatic rings. The Hall–Kier alpha value is -0.940. The summed E-state index contributed by atoms with van der Waals surface area (Å²) in [6.45, 7) is 3.92. The van der Waals surface area contributed by atoms with Crippen LogP contribution in [0.25, 0.3) is 5.82 Å². The van der Waals surface area contributed by atoms with Crippen LogP contribution < -0.4 is 0 Å². The van der Waals surface area contributed by atoms with Gasteiger partial charge in [0, 0.05) is 11.9 Å². The first-order valence-corrected chi connectivity index (χ1v) is 5.45. The van der Waals surface area contributed by atoms with Gasteiger partial charge in [-0.25, -0.2) is 9.97 Å². The van der Waals surface area contributed by atoms with Crippen LogP contribution in [0.15, 0.2) is 17.0 Å². The molecule has 2 heterocycles. The number of aryl methyl sites for hydroxylation is 1. The van der Waals surface area contributed by atoms with E-state index in [9.17, 15) is 0 Å². The summed E-state index contributed by atoms with van der Waals surface area (Å²) >= 11 is 9.13. The number of hydrogen-bond donors (Lipinski definition) is 0. The lowest BCUT2D eigenvalue weighted by molar-refractivity contribution is 0.926. The van der Waals surface area contributed by atoms with Gasteiger partial charge >= 0.3 is 0 Å². The van der Waals surface area contributed by atoms with Crippen molar-refractivity contribution in [2.24, 2.45) is 0 Å². The highest BCUT2D eigenvalue weighted by molar-refractivity contribution is 9.10. The van der Waals surface area contributed by atoms with Crippen LogP contribution in [0.5, 0.6) is 0 Å². The SMILES string of the molecule is Cc1ncn(-c2nc(Cl)ncc2Br)c1C. The molecule has 0 bridgehead atoms. The van der Waals surface area contributed by atoms with E-state index in [1.54, 1.807) is 12.5 Å². The van der Waals surface area contributed by atoms with Crippen LogP contribution in [0.3, 0.4) is 0 Å². The summed E-state index contributed by atoms with van der Waals surface area (Å²) in [5.41, 5.74) is 2.00. The molecule has 0 atom stereocenters. The minimum atomic E-state index is 0.221. The molecule has 6 heteroatoms. The van der Waals surface area contributed by atoms with Crippen LogP contribution in [0.4, 0.5) is 0 Å². The molecular weight excluding hydrogens is 279 g/mol. The third-order valence-electron chi connectivity index (χ3n) is 2.18. The lowest BCUT2D eigenvalue weighted by atomic mass is 10.4. The number of nitrogens with zero attached hydrogens (tertiary/aromatic N) is 4. The second-order valence-corrected chi connectivity index (χ2v) is 4.29. The first-order valence-electron chi connectivity index (χ1n) is 4.28. The van der Waals surface area contributed by atoms with Gasteiger partial charge in [-0.3, -0.25) is 4.57 Å². The van der Waals surface area contributed by atoms with Gasteiger partial charge in [0.25, 0.3) is 0 Å². The first kappa shape index (κ1) is 10.6. The summed E-state index contributed by atoms with van der Waals surface area (Å²) in [5, 5.41) is 0.221. The van der Waals surface area contributed by atoms with E-state index in [1.165, 1.54) is 0 Å². The fourth-order valence-electron chi connectivity index (χ4n) is 1.22. The zero-order valence-corrected chi connectivity index (χ0v) is 10.5. The van der Waals surface area contributed by atoms with Crippen LogP contribution >= 0.6 is 27.5 Å². The fraction of sp³-hybridized carbons (Fsp3) is 0.222. The van der Waals surface area contributed by atoms with Crippen molar-refractivity contribution in [1.29, 1.82) is 0 Å². The van der Waals surface area contributed by atoms with E-state index in [0.29, 0.717) is 5.82 Å². The summed E-state index contributed by atoms with van der Waals surface area (Å²) < 4.78 is 2.65. The lowest BCUT2D eigenvalue weighted by Gasteiger charge is -2.06. The summed E-state index contributed by atoms with van der Waals surface area (Å²) in [5.74, 6) is 0.702. The Bertz CT molecular complexity index is 509. The summed E-state index contributed by atoms with van der Waals surface area (Å²) in [6, 6.07) is 0. The molecule has 0 saturated carbocycles. The van der Waals surface area contributed by atoms with Crippen molar-refractivity contribution in [3.8, 4) is 5.82 Å². The number of hydrogen-bond acceptors (Lipinski definition) is 3. The van der Waals surface area contributed by atoms with Gasteiger partial charge in [0.1, 0.15) is 6.33 Å².